The van der Waals surface area contributed by atoms with Crippen LogP contribution in [0.1, 0.15) is 29.5 Å². The van der Waals surface area contributed by atoms with Crippen molar-refractivity contribution in [2.24, 2.45) is 0 Å². The van der Waals surface area contributed by atoms with Crippen LogP contribution in [-0.4, -0.2) is 62.8 Å². The van der Waals surface area contributed by atoms with Gasteiger partial charge in [0.1, 0.15) is 18.0 Å². The molecule has 41 heavy (non-hydrogen) atoms. The summed E-state index contributed by atoms with van der Waals surface area (Å²) in [5.41, 5.74) is 2.96. The molecule has 2 heterocycles. The van der Waals surface area contributed by atoms with Crippen molar-refractivity contribution in [2.75, 3.05) is 13.1 Å². The molecule has 2 saturated heterocycles. The van der Waals surface area contributed by atoms with Gasteiger partial charge in [-0.25, -0.2) is 0 Å². The van der Waals surface area contributed by atoms with Gasteiger partial charge < -0.3 is 19.8 Å². The number of piperazine rings is 1. The smallest absolute Gasteiger partial charge is 0.246 e. The minimum Gasteiger partial charge on any atom is -0.508 e. The van der Waals surface area contributed by atoms with Gasteiger partial charge in [0.2, 0.25) is 17.7 Å². The van der Waals surface area contributed by atoms with Crippen molar-refractivity contribution in [2.45, 2.75) is 44.4 Å². The number of carbonyl (C=O) groups is 3. The second-order valence-corrected chi connectivity index (χ2v) is 10.8. The molecule has 0 spiro atoms. The molecule has 1 unspecified atom stereocenters. The van der Waals surface area contributed by atoms with E-state index in [1.165, 1.54) is 0 Å². The largest absolute Gasteiger partial charge is 0.508 e. The van der Waals surface area contributed by atoms with Crippen LogP contribution in [0, 0.1) is 0 Å². The maximum atomic E-state index is 14.1. The van der Waals surface area contributed by atoms with Crippen molar-refractivity contribution in [3.05, 3.63) is 114 Å². The number of hydrogen-bond acceptors (Lipinski definition) is 4. The van der Waals surface area contributed by atoms with Gasteiger partial charge in [0.15, 0.2) is 0 Å². The lowest BCUT2D eigenvalue weighted by Gasteiger charge is -2.52. The lowest BCUT2D eigenvalue weighted by molar-refractivity contribution is -0.174. The lowest BCUT2D eigenvalue weighted by atomic mass is 9.96. The van der Waals surface area contributed by atoms with Crippen LogP contribution in [0.5, 0.6) is 5.75 Å². The summed E-state index contributed by atoms with van der Waals surface area (Å²) >= 11 is 0. The minimum atomic E-state index is -0.745. The Balaban J connectivity index is 1.32. The third-order valence-electron chi connectivity index (χ3n) is 8.25. The average Bonchev–Trinajstić information content (AvgIpc) is 3.00. The number of aryl methyl sites for hydroxylation is 1. The first-order chi connectivity index (χ1) is 20.0. The zero-order valence-electron chi connectivity index (χ0n) is 22.9. The number of carbonyl (C=O) groups excluding carboxylic acids is 3. The number of aromatic hydroxyl groups is 1. The van der Waals surface area contributed by atoms with Crippen LogP contribution in [0.2, 0.25) is 0 Å². The Morgan fingerprint density at radius 3 is 2.37 bits per heavy atom. The third kappa shape index (κ3) is 5.53. The number of amides is 3. The molecule has 2 aliphatic heterocycles. The van der Waals surface area contributed by atoms with E-state index in [2.05, 4.69) is 18.2 Å². The Bertz CT molecular complexity index is 1560. The highest BCUT2D eigenvalue weighted by atomic mass is 16.3. The van der Waals surface area contributed by atoms with E-state index in [0.29, 0.717) is 32.4 Å². The van der Waals surface area contributed by atoms with E-state index in [1.54, 1.807) is 34.1 Å². The van der Waals surface area contributed by atoms with Gasteiger partial charge >= 0.3 is 0 Å². The predicted octanol–water partition coefficient (Wildman–Crippen LogP) is 4.52. The number of phenols is 1. The molecule has 0 radical (unpaired) electrons. The Hall–Kier alpha value is -4.65. The Labute approximate surface area is 239 Å². The maximum absolute atomic E-state index is 14.1. The SMILES string of the molecule is O=C1[C@@H](Cc2ccc(O)cc2)N2C(=O)CCN(C(=O)CCc3ccccc3)C2CN1Cc1cccc2ccccc12. The molecule has 208 valence electrons. The fourth-order valence-electron chi connectivity index (χ4n) is 6.15. The molecule has 0 saturated carbocycles. The van der Waals surface area contributed by atoms with Crippen molar-refractivity contribution < 1.29 is 19.5 Å². The molecule has 0 aromatic heterocycles. The van der Waals surface area contributed by atoms with Crippen molar-refractivity contribution in [3.8, 4) is 5.75 Å². The van der Waals surface area contributed by atoms with Gasteiger partial charge in [0.05, 0.1) is 6.54 Å². The highest BCUT2D eigenvalue weighted by Crippen LogP contribution is 2.30. The van der Waals surface area contributed by atoms with E-state index in [0.717, 1.165) is 27.5 Å². The van der Waals surface area contributed by atoms with E-state index in [-0.39, 0.29) is 36.4 Å². The summed E-state index contributed by atoms with van der Waals surface area (Å²) < 4.78 is 0. The summed E-state index contributed by atoms with van der Waals surface area (Å²) in [7, 11) is 0. The van der Waals surface area contributed by atoms with E-state index in [4.69, 9.17) is 0 Å². The first-order valence-corrected chi connectivity index (χ1v) is 14.2. The molecule has 2 fully saturated rings. The van der Waals surface area contributed by atoms with Crippen LogP contribution < -0.4 is 0 Å². The molecule has 6 rings (SSSR count). The van der Waals surface area contributed by atoms with Crippen LogP contribution in [0.4, 0.5) is 0 Å². The Morgan fingerprint density at radius 1 is 0.829 bits per heavy atom. The summed E-state index contributed by atoms with van der Waals surface area (Å²) in [4.78, 5) is 46.4. The van der Waals surface area contributed by atoms with Crippen LogP contribution in [0.15, 0.2) is 97.1 Å². The first kappa shape index (κ1) is 26.6. The zero-order chi connectivity index (χ0) is 28.3. The molecule has 4 aromatic rings. The molecule has 1 N–H and O–H groups in total. The molecule has 0 bridgehead atoms. The quantitative estimate of drug-likeness (QED) is 0.369. The molecule has 3 amide bonds. The molecular formula is C34H33N3O4. The van der Waals surface area contributed by atoms with Gasteiger partial charge in [-0.2, -0.15) is 0 Å². The Kier molecular flexibility index (Phi) is 7.42. The molecule has 4 aromatic carbocycles. The molecule has 2 atom stereocenters. The van der Waals surface area contributed by atoms with Crippen LogP contribution >= 0.6 is 0 Å². The van der Waals surface area contributed by atoms with E-state index in [9.17, 15) is 19.5 Å². The van der Waals surface area contributed by atoms with Crippen molar-refractivity contribution >= 4 is 28.5 Å². The van der Waals surface area contributed by atoms with E-state index in [1.807, 2.05) is 59.5 Å². The van der Waals surface area contributed by atoms with E-state index >= 15 is 0 Å². The number of phenolic OH excluding ortho intramolecular Hbond substituents is 1. The second kappa shape index (κ2) is 11.5. The molecule has 7 nitrogen and oxygen atoms in total. The minimum absolute atomic E-state index is 0.0146. The number of nitrogens with zero attached hydrogens (tertiary/aromatic N) is 3. The first-order valence-electron chi connectivity index (χ1n) is 14.2. The molecular weight excluding hydrogens is 514 g/mol. The summed E-state index contributed by atoms with van der Waals surface area (Å²) in [6.45, 7) is 0.990. The maximum Gasteiger partial charge on any atom is 0.246 e. The number of rotatable bonds is 7. The van der Waals surface area contributed by atoms with Crippen molar-refractivity contribution in [1.82, 2.24) is 14.7 Å². The van der Waals surface area contributed by atoms with Gasteiger partial charge in [-0.3, -0.25) is 14.4 Å². The second-order valence-electron chi connectivity index (χ2n) is 10.8. The summed E-state index contributed by atoms with van der Waals surface area (Å²) in [6.07, 6.45) is 0.916. The number of hydrogen-bond donors (Lipinski definition) is 1. The normalized spacial score (nSPS) is 19.0. The predicted molar refractivity (Wildman–Crippen MR) is 157 cm³/mol. The molecule has 0 aliphatic carbocycles. The fourth-order valence-corrected chi connectivity index (χ4v) is 6.15. The highest BCUT2D eigenvalue weighted by molar-refractivity contribution is 5.92. The van der Waals surface area contributed by atoms with Gasteiger partial charge in [0.25, 0.3) is 0 Å². The fraction of sp³-hybridized carbons (Fsp3) is 0.265. The lowest BCUT2D eigenvalue weighted by Crippen LogP contribution is -2.71. The van der Waals surface area contributed by atoms with Crippen LogP contribution in [0.25, 0.3) is 10.8 Å². The van der Waals surface area contributed by atoms with E-state index < -0.39 is 12.2 Å². The monoisotopic (exact) mass is 547 g/mol. The Morgan fingerprint density at radius 2 is 1.56 bits per heavy atom. The summed E-state index contributed by atoms with van der Waals surface area (Å²) in [5.74, 6) is -0.110. The van der Waals surface area contributed by atoms with Gasteiger partial charge in [-0.15, -0.1) is 0 Å². The average molecular weight is 548 g/mol. The summed E-state index contributed by atoms with van der Waals surface area (Å²) in [6, 6.07) is 30.1. The van der Waals surface area contributed by atoms with Gasteiger partial charge in [-0.05, 0) is 46.0 Å². The van der Waals surface area contributed by atoms with Crippen molar-refractivity contribution in [3.63, 3.8) is 0 Å². The zero-order valence-corrected chi connectivity index (χ0v) is 22.9. The number of fused-ring (bicyclic) bond motifs is 2. The van der Waals surface area contributed by atoms with Gasteiger partial charge in [0, 0.05) is 32.4 Å². The van der Waals surface area contributed by atoms with Crippen LogP contribution in [0.3, 0.4) is 0 Å². The van der Waals surface area contributed by atoms with Crippen molar-refractivity contribution in [1.29, 1.82) is 0 Å². The standard InChI is InChI=1S/C34H33N3O4/c38-28-16-13-25(14-17-28)21-30-34(41)35(22-27-11-6-10-26-9-4-5-12-29(26)27)23-31-36(20-19-33(40)37(30)31)32(39)18-15-24-7-2-1-3-8-24/h1-14,16-17,30-31,38H,15,18-23H2/t30-,31?/m1/s1. The molecule has 2 aliphatic rings. The highest BCUT2D eigenvalue weighted by Gasteiger charge is 2.48. The topological polar surface area (TPSA) is 81.2 Å². The summed E-state index contributed by atoms with van der Waals surface area (Å²) in [5, 5.41) is 12.0. The molecule has 7 heteroatoms. The third-order valence-corrected chi connectivity index (χ3v) is 8.25. The number of benzene rings is 4. The van der Waals surface area contributed by atoms with Crippen LogP contribution in [-0.2, 0) is 33.8 Å². The van der Waals surface area contributed by atoms with Gasteiger partial charge in [-0.1, -0.05) is 84.9 Å².